The van der Waals surface area contributed by atoms with Gasteiger partial charge in [-0.25, -0.2) is 0 Å². The number of likely N-dealkylation sites (N-methyl/N-ethyl adjacent to an activating group) is 1. The van der Waals surface area contributed by atoms with Crippen LogP contribution in [0.5, 0.6) is 0 Å². The number of hydrogen-bond acceptors (Lipinski definition) is 5. The predicted octanol–water partition coefficient (Wildman–Crippen LogP) is 1.16. The van der Waals surface area contributed by atoms with Gasteiger partial charge in [0.25, 0.3) is 11.5 Å². The second-order valence-corrected chi connectivity index (χ2v) is 8.98. The van der Waals surface area contributed by atoms with Gasteiger partial charge in [0.15, 0.2) is 5.78 Å². The number of carbonyl (C=O) groups is 3. The number of hydrogen-bond donors (Lipinski definition) is 1. The van der Waals surface area contributed by atoms with Gasteiger partial charge in [-0.15, -0.1) is 0 Å². The standard InChI is InChI=1S/C22H32N4O4/c1-5-25(6-2)19(28)14-24-7-9-26(10-8-24)21(30)16-11-15-17(23-20(16)29)12-22(3,4)13-18(15)27/h11H,5-10,12-14H2,1-4H3,(H,23,29). The number of nitrogens with one attached hydrogen (secondary N) is 1. The first kappa shape index (κ1) is 22.2. The number of rotatable bonds is 5. The molecule has 164 valence electrons. The Kier molecular flexibility index (Phi) is 6.45. The summed E-state index contributed by atoms with van der Waals surface area (Å²) in [6.07, 6.45) is 1.01. The van der Waals surface area contributed by atoms with Crippen molar-refractivity contribution in [2.75, 3.05) is 45.8 Å². The average Bonchev–Trinajstić information content (AvgIpc) is 2.67. The number of Topliss-reactive ketones (excluding diaryl/α,β-unsaturated/α-hetero) is 1. The molecule has 0 atom stereocenters. The van der Waals surface area contributed by atoms with Gasteiger partial charge in [0.05, 0.1) is 6.54 Å². The monoisotopic (exact) mass is 416 g/mol. The zero-order valence-electron chi connectivity index (χ0n) is 18.4. The maximum atomic E-state index is 13.0. The molecular weight excluding hydrogens is 384 g/mol. The summed E-state index contributed by atoms with van der Waals surface area (Å²) in [7, 11) is 0. The van der Waals surface area contributed by atoms with Crippen molar-refractivity contribution in [1.82, 2.24) is 19.7 Å². The van der Waals surface area contributed by atoms with Gasteiger partial charge in [-0.1, -0.05) is 13.8 Å². The van der Waals surface area contributed by atoms with Gasteiger partial charge in [-0.05, 0) is 31.7 Å². The number of aromatic amines is 1. The largest absolute Gasteiger partial charge is 0.342 e. The van der Waals surface area contributed by atoms with Crippen LogP contribution in [0.15, 0.2) is 10.9 Å². The van der Waals surface area contributed by atoms with E-state index in [9.17, 15) is 19.2 Å². The molecule has 1 N–H and O–H groups in total. The summed E-state index contributed by atoms with van der Waals surface area (Å²) in [6, 6.07) is 1.48. The molecule has 0 spiro atoms. The van der Waals surface area contributed by atoms with Crippen LogP contribution in [-0.2, 0) is 11.2 Å². The van der Waals surface area contributed by atoms with Gasteiger partial charge < -0.3 is 14.8 Å². The summed E-state index contributed by atoms with van der Waals surface area (Å²) in [6.45, 7) is 11.7. The fraction of sp³-hybridized carbons (Fsp3) is 0.636. The van der Waals surface area contributed by atoms with Crippen LogP contribution in [0, 0.1) is 5.41 Å². The fourth-order valence-corrected chi connectivity index (χ4v) is 4.33. The zero-order valence-corrected chi connectivity index (χ0v) is 18.4. The topological polar surface area (TPSA) is 93.8 Å². The highest BCUT2D eigenvalue weighted by molar-refractivity contribution is 6.02. The number of aromatic nitrogens is 1. The molecule has 1 aromatic rings. The van der Waals surface area contributed by atoms with Crippen molar-refractivity contribution < 1.29 is 14.4 Å². The van der Waals surface area contributed by atoms with Crippen molar-refractivity contribution in [2.45, 2.75) is 40.5 Å². The smallest absolute Gasteiger partial charge is 0.261 e. The molecule has 2 aliphatic rings. The van der Waals surface area contributed by atoms with E-state index in [1.54, 1.807) is 9.80 Å². The highest BCUT2D eigenvalue weighted by atomic mass is 16.2. The summed E-state index contributed by atoms with van der Waals surface area (Å²) in [5.41, 5.74) is 0.466. The van der Waals surface area contributed by atoms with Crippen molar-refractivity contribution in [3.8, 4) is 0 Å². The molecule has 8 heteroatoms. The molecule has 1 saturated heterocycles. The van der Waals surface area contributed by atoms with Crippen LogP contribution in [-0.4, -0.2) is 83.1 Å². The van der Waals surface area contributed by atoms with Crippen molar-refractivity contribution in [3.63, 3.8) is 0 Å². The molecule has 0 aromatic carbocycles. The number of amides is 2. The molecule has 3 rings (SSSR count). The Bertz CT molecular complexity index is 893. The lowest BCUT2D eigenvalue weighted by Crippen LogP contribution is -2.52. The van der Waals surface area contributed by atoms with Gasteiger partial charge in [0, 0.05) is 56.9 Å². The van der Waals surface area contributed by atoms with E-state index in [4.69, 9.17) is 0 Å². The van der Waals surface area contributed by atoms with E-state index in [0.29, 0.717) is 69.9 Å². The van der Waals surface area contributed by atoms with E-state index < -0.39 is 5.56 Å². The van der Waals surface area contributed by atoms with Crippen LogP contribution in [0.1, 0.15) is 60.5 Å². The zero-order chi connectivity index (χ0) is 22.1. The first-order valence-corrected chi connectivity index (χ1v) is 10.7. The molecule has 1 aromatic heterocycles. The number of H-pyrrole nitrogens is 1. The molecule has 1 fully saturated rings. The van der Waals surface area contributed by atoms with Crippen molar-refractivity contribution >= 4 is 17.6 Å². The number of piperazine rings is 1. The minimum absolute atomic E-state index is 0.0227. The summed E-state index contributed by atoms with van der Waals surface area (Å²) < 4.78 is 0. The molecular formula is C22H32N4O4. The Hall–Kier alpha value is -2.48. The quantitative estimate of drug-likeness (QED) is 0.777. The van der Waals surface area contributed by atoms with Gasteiger partial charge in [-0.3, -0.25) is 24.1 Å². The fourth-order valence-electron chi connectivity index (χ4n) is 4.33. The SMILES string of the molecule is CCN(CC)C(=O)CN1CCN(C(=O)c2cc3c([nH]c2=O)CC(C)(C)CC3=O)CC1. The van der Waals surface area contributed by atoms with Gasteiger partial charge in [0.1, 0.15) is 5.56 Å². The Morgan fingerprint density at radius 1 is 1.07 bits per heavy atom. The van der Waals surface area contributed by atoms with E-state index in [1.807, 2.05) is 32.6 Å². The lowest BCUT2D eigenvalue weighted by Gasteiger charge is -2.35. The normalized spacial score (nSPS) is 18.8. The summed E-state index contributed by atoms with van der Waals surface area (Å²) in [5.74, 6) is -0.301. The predicted molar refractivity (Wildman–Crippen MR) is 114 cm³/mol. The second kappa shape index (κ2) is 8.71. The first-order valence-electron chi connectivity index (χ1n) is 10.7. The molecule has 8 nitrogen and oxygen atoms in total. The lowest BCUT2D eigenvalue weighted by molar-refractivity contribution is -0.132. The molecule has 30 heavy (non-hydrogen) atoms. The van der Waals surface area contributed by atoms with E-state index in [1.165, 1.54) is 6.07 Å². The highest BCUT2D eigenvalue weighted by Crippen LogP contribution is 2.33. The van der Waals surface area contributed by atoms with Gasteiger partial charge in [-0.2, -0.15) is 0 Å². The van der Waals surface area contributed by atoms with Crippen LogP contribution in [0.3, 0.4) is 0 Å². The Morgan fingerprint density at radius 3 is 2.30 bits per heavy atom. The number of fused-ring (bicyclic) bond motifs is 1. The third-order valence-electron chi connectivity index (χ3n) is 6.08. The molecule has 0 bridgehead atoms. The number of nitrogens with zero attached hydrogens (tertiary/aromatic N) is 3. The molecule has 0 radical (unpaired) electrons. The Balaban J connectivity index is 1.67. The van der Waals surface area contributed by atoms with Crippen molar-refractivity contribution in [3.05, 3.63) is 33.2 Å². The van der Waals surface area contributed by atoms with Crippen molar-refractivity contribution in [2.24, 2.45) is 5.41 Å². The third kappa shape index (κ3) is 4.64. The number of pyridine rings is 1. The summed E-state index contributed by atoms with van der Waals surface area (Å²) in [4.78, 5) is 58.6. The minimum Gasteiger partial charge on any atom is -0.342 e. The van der Waals surface area contributed by atoms with Crippen LogP contribution in [0.25, 0.3) is 0 Å². The van der Waals surface area contributed by atoms with E-state index in [0.717, 1.165) is 0 Å². The first-order chi connectivity index (χ1) is 14.1. The van der Waals surface area contributed by atoms with Crippen LogP contribution in [0.2, 0.25) is 0 Å². The van der Waals surface area contributed by atoms with Gasteiger partial charge >= 0.3 is 0 Å². The average molecular weight is 417 g/mol. The molecule has 1 aliphatic carbocycles. The second-order valence-electron chi connectivity index (χ2n) is 8.98. The maximum absolute atomic E-state index is 13.0. The maximum Gasteiger partial charge on any atom is 0.261 e. The van der Waals surface area contributed by atoms with E-state index >= 15 is 0 Å². The Morgan fingerprint density at radius 2 is 1.70 bits per heavy atom. The third-order valence-corrected chi connectivity index (χ3v) is 6.08. The minimum atomic E-state index is -0.441. The number of ketones is 1. The Labute approximate surface area is 177 Å². The molecule has 2 heterocycles. The van der Waals surface area contributed by atoms with E-state index in [2.05, 4.69) is 4.98 Å². The van der Waals surface area contributed by atoms with Crippen LogP contribution in [0.4, 0.5) is 0 Å². The van der Waals surface area contributed by atoms with Crippen molar-refractivity contribution in [1.29, 1.82) is 0 Å². The highest BCUT2D eigenvalue weighted by Gasteiger charge is 2.33. The summed E-state index contributed by atoms with van der Waals surface area (Å²) >= 11 is 0. The van der Waals surface area contributed by atoms with Gasteiger partial charge in [0.2, 0.25) is 5.91 Å². The number of carbonyl (C=O) groups excluding carboxylic acids is 3. The lowest BCUT2D eigenvalue weighted by atomic mass is 9.75. The molecule has 1 aliphatic heterocycles. The van der Waals surface area contributed by atoms with Crippen LogP contribution < -0.4 is 5.56 Å². The van der Waals surface area contributed by atoms with E-state index in [-0.39, 0.29) is 28.6 Å². The molecule has 0 saturated carbocycles. The summed E-state index contributed by atoms with van der Waals surface area (Å²) in [5, 5.41) is 0. The molecule has 2 amide bonds. The van der Waals surface area contributed by atoms with Crippen LogP contribution >= 0.6 is 0 Å². The molecule has 0 unspecified atom stereocenters.